The zero-order valence-corrected chi connectivity index (χ0v) is 8.98. The molecule has 0 aromatic heterocycles. The fourth-order valence-corrected chi connectivity index (χ4v) is 1.80. The fraction of sp³-hybridized carbons (Fsp3) is 0.583. The zero-order valence-electron chi connectivity index (χ0n) is 8.98. The summed E-state index contributed by atoms with van der Waals surface area (Å²) in [4.78, 5) is 11.7. The van der Waals surface area contributed by atoms with E-state index in [4.69, 9.17) is 0 Å². The van der Waals surface area contributed by atoms with Crippen molar-refractivity contribution in [2.24, 2.45) is 11.3 Å². The third-order valence-corrected chi connectivity index (χ3v) is 2.42. The maximum absolute atomic E-state index is 11.7. The lowest BCUT2D eigenvalue weighted by Gasteiger charge is -2.29. The highest BCUT2D eigenvalue weighted by atomic mass is 16.1. The van der Waals surface area contributed by atoms with Crippen LogP contribution in [0.1, 0.15) is 34.1 Å². The molecule has 1 rings (SSSR count). The van der Waals surface area contributed by atoms with Crippen molar-refractivity contribution in [1.82, 2.24) is 0 Å². The van der Waals surface area contributed by atoms with E-state index in [1.807, 2.05) is 0 Å². The normalized spacial score (nSPS) is 22.1. The van der Waals surface area contributed by atoms with Gasteiger partial charge in [-0.1, -0.05) is 40.3 Å². The van der Waals surface area contributed by atoms with E-state index >= 15 is 0 Å². The van der Waals surface area contributed by atoms with Gasteiger partial charge >= 0.3 is 0 Å². The lowest BCUT2D eigenvalue weighted by atomic mass is 9.74. The van der Waals surface area contributed by atoms with Crippen LogP contribution in [0.5, 0.6) is 0 Å². The summed E-state index contributed by atoms with van der Waals surface area (Å²) in [5, 5.41) is 0. The number of ketones is 1. The highest BCUT2D eigenvalue weighted by molar-refractivity contribution is 6.09. The third kappa shape index (κ3) is 2.09. The Labute approximate surface area is 80.5 Å². The van der Waals surface area contributed by atoms with Gasteiger partial charge in [-0.05, 0) is 28.9 Å². The Hall–Kier alpha value is -0.850. The zero-order chi connectivity index (χ0) is 10.2. The molecule has 0 unspecified atom stereocenters. The summed E-state index contributed by atoms with van der Waals surface area (Å²) in [6, 6.07) is 0. The van der Waals surface area contributed by atoms with E-state index in [0.717, 1.165) is 17.6 Å². The standard InChI is InChI=1S/C12H18O/c1-8(2)10-7-12(4,5)6-9(3)11(10)13/h7-8H,3,6H2,1-2,4-5H3. The number of hydrogen-bond acceptors (Lipinski definition) is 1. The molecule has 0 radical (unpaired) electrons. The summed E-state index contributed by atoms with van der Waals surface area (Å²) in [6.07, 6.45) is 2.90. The molecule has 0 atom stereocenters. The Balaban J connectivity index is 3.10. The summed E-state index contributed by atoms with van der Waals surface area (Å²) in [7, 11) is 0. The first kappa shape index (κ1) is 10.2. The minimum atomic E-state index is 0.102. The van der Waals surface area contributed by atoms with Crippen molar-refractivity contribution in [3.8, 4) is 0 Å². The summed E-state index contributed by atoms with van der Waals surface area (Å²) in [5.74, 6) is 0.471. The lowest BCUT2D eigenvalue weighted by Crippen LogP contribution is -2.24. The first-order valence-corrected chi connectivity index (χ1v) is 4.79. The molecule has 0 heterocycles. The number of carbonyl (C=O) groups is 1. The van der Waals surface area contributed by atoms with Gasteiger partial charge in [0.2, 0.25) is 0 Å². The van der Waals surface area contributed by atoms with Gasteiger partial charge in [0.25, 0.3) is 0 Å². The summed E-state index contributed by atoms with van der Waals surface area (Å²) >= 11 is 0. The van der Waals surface area contributed by atoms with E-state index in [1.54, 1.807) is 0 Å². The first-order valence-electron chi connectivity index (χ1n) is 4.79. The SMILES string of the molecule is C=C1CC(C)(C)C=C(C(C)C)C1=O. The molecule has 0 saturated heterocycles. The number of allylic oxidation sites excluding steroid dienone is 3. The average Bonchev–Trinajstić information content (AvgIpc) is 1.95. The van der Waals surface area contributed by atoms with Crippen LogP contribution in [0.3, 0.4) is 0 Å². The van der Waals surface area contributed by atoms with E-state index in [-0.39, 0.29) is 11.2 Å². The molecule has 0 bridgehead atoms. The van der Waals surface area contributed by atoms with Crippen LogP contribution in [0, 0.1) is 11.3 Å². The minimum absolute atomic E-state index is 0.102. The molecule has 0 aliphatic heterocycles. The topological polar surface area (TPSA) is 17.1 Å². The third-order valence-electron chi connectivity index (χ3n) is 2.42. The fourth-order valence-electron chi connectivity index (χ4n) is 1.80. The van der Waals surface area contributed by atoms with Gasteiger partial charge in [0.1, 0.15) is 0 Å². The van der Waals surface area contributed by atoms with E-state index in [9.17, 15) is 4.79 Å². The first-order chi connectivity index (χ1) is 5.83. The van der Waals surface area contributed by atoms with Crippen molar-refractivity contribution in [1.29, 1.82) is 0 Å². The lowest BCUT2D eigenvalue weighted by molar-refractivity contribution is -0.113. The molecule has 0 amide bonds. The van der Waals surface area contributed by atoms with Crippen LogP contribution in [0.2, 0.25) is 0 Å². The minimum Gasteiger partial charge on any atom is -0.289 e. The molecule has 0 aromatic rings. The van der Waals surface area contributed by atoms with Crippen LogP contribution >= 0.6 is 0 Å². The summed E-state index contributed by atoms with van der Waals surface area (Å²) in [6.45, 7) is 12.2. The maximum Gasteiger partial charge on any atom is 0.184 e. The second kappa shape index (κ2) is 3.13. The molecule has 13 heavy (non-hydrogen) atoms. The summed E-state index contributed by atoms with van der Waals surface area (Å²) in [5.41, 5.74) is 1.79. The second-order valence-electron chi connectivity index (χ2n) is 4.85. The van der Waals surface area contributed by atoms with Crippen molar-refractivity contribution in [2.75, 3.05) is 0 Å². The summed E-state index contributed by atoms with van der Waals surface area (Å²) < 4.78 is 0. The van der Waals surface area contributed by atoms with Crippen LogP contribution < -0.4 is 0 Å². The molecule has 1 heteroatoms. The molecule has 0 saturated carbocycles. The molecule has 1 aliphatic rings. The van der Waals surface area contributed by atoms with Gasteiger partial charge in [-0.2, -0.15) is 0 Å². The van der Waals surface area contributed by atoms with E-state index in [0.29, 0.717) is 5.92 Å². The highest BCUT2D eigenvalue weighted by Gasteiger charge is 2.29. The Bertz CT molecular complexity index is 279. The van der Waals surface area contributed by atoms with Crippen molar-refractivity contribution in [3.05, 3.63) is 23.8 Å². The van der Waals surface area contributed by atoms with Crippen molar-refractivity contribution >= 4 is 5.78 Å². The van der Waals surface area contributed by atoms with Crippen molar-refractivity contribution in [2.45, 2.75) is 34.1 Å². The number of rotatable bonds is 1. The van der Waals surface area contributed by atoms with Gasteiger partial charge in [0.05, 0.1) is 0 Å². The second-order valence-corrected chi connectivity index (χ2v) is 4.85. The molecule has 0 fully saturated rings. The molecule has 1 aliphatic carbocycles. The molecule has 0 spiro atoms. The van der Waals surface area contributed by atoms with Gasteiger partial charge in [-0.25, -0.2) is 0 Å². The van der Waals surface area contributed by atoms with E-state index in [1.165, 1.54) is 0 Å². The van der Waals surface area contributed by atoms with Crippen LogP contribution in [0.4, 0.5) is 0 Å². The Morgan fingerprint density at radius 2 is 2.00 bits per heavy atom. The Kier molecular flexibility index (Phi) is 2.47. The van der Waals surface area contributed by atoms with Gasteiger partial charge in [0, 0.05) is 0 Å². The molecular formula is C12H18O. The number of carbonyl (C=O) groups excluding carboxylic acids is 1. The van der Waals surface area contributed by atoms with Crippen LogP contribution in [0.15, 0.2) is 23.8 Å². The van der Waals surface area contributed by atoms with Gasteiger partial charge < -0.3 is 0 Å². The highest BCUT2D eigenvalue weighted by Crippen LogP contribution is 2.36. The van der Waals surface area contributed by atoms with E-state index < -0.39 is 0 Å². The van der Waals surface area contributed by atoms with Crippen LogP contribution in [-0.4, -0.2) is 5.78 Å². The average molecular weight is 178 g/mol. The van der Waals surface area contributed by atoms with Crippen LogP contribution in [0.25, 0.3) is 0 Å². The van der Waals surface area contributed by atoms with Gasteiger partial charge in [-0.15, -0.1) is 0 Å². The predicted octanol–water partition coefficient (Wildman–Crippen LogP) is 3.12. The maximum atomic E-state index is 11.7. The predicted molar refractivity (Wildman–Crippen MR) is 55.5 cm³/mol. The smallest absolute Gasteiger partial charge is 0.184 e. The van der Waals surface area contributed by atoms with Crippen molar-refractivity contribution < 1.29 is 4.79 Å². The number of Topliss-reactive ketones (excluding diaryl/α,β-unsaturated/α-hetero) is 1. The Morgan fingerprint density at radius 3 is 2.46 bits per heavy atom. The molecule has 72 valence electrons. The largest absolute Gasteiger partial charge is 0.289 e. The molecule has 0 aromatic carbocycles. The van der Waals surface area contributed by atoms with E-state index in [2.05, 4.69) is 40.3 Å². The molecule has 1 nitrogen and oxygen atoms in total. The molecule has 0 N–H and O–H groups in total. The number of hydrogen-bond donors (Lipinski definition) is 0. The van der Waals surface area contributed by atoms with Crippen molar-refractivity contribution in [3.63, 3.8) is 0 Å². The van der Waals surface area contributed by atoms with Gasteiger partial charge in [-0.3, -0.25) is 4.79 Å². The quantitative estimate of drug-likeness (QED) is 0.564. The van der Waals surface area contributed by atoms with Gasteiger partial charge in [0.15, 0.2) is 5.78 Å². The molecular weight excluding hydrogens is 160 g/mol. The monoisotopic (exact) mass is 178 g/mol. The Morgan fingerprint density at radius 1 is 1.46 bits per heavy atom. The van der Waals surface area contributed by atoms with Crippen LogP contribution in [-0.2, 0) is 4.79 Å².